The fourth-order valence-electron chi connectivity index (χ4n) is 3.39. The Kier molecular flexibility index (Phi) is 3.89. The second kappa shape index (κ2) is 5.68. The monoisotopic (exact) mass is 289 g/mol. The summed E-state index contributed by atoms with van der Waals surface area (Å²) in [6, 6.07) is 4.13. The Labute approximate surface area is 126 Å². The van der Waals surface area contributed by atoms with E-state index in [1.807, 2.05) is 24.8 Å². The quantitative estimate of drug-likeness (QED) is 0.840. The number of amides is 1. The largest absolute Gasteiger partial charge is 0.489 e. The molecule has 2 heterocycles. The van der Waals surface area contributed by atoms with Gasteiger partial charge in [-0.05, 0) is 43.4 Å². The zero-order valence-electron chi connectivity index (χ0n) is 13.0. The van der Waals surface area contributed by atoms with E-state index in [1.54, 1.807) is 0 Å². The molecular weight excluding hydrogens is 266 g/mol. The summed E-state index contributed by atoms with van der Waals surface area (Å²) in [5.74, 6) is 1.27. The van der Waals surface area contributed by atoms with E-state index in [2.05, 4.69) is 13.0 Å². The number of hydrogen-bond donors (Lipinski definition) is 0. The Morgan fingerprint density at radius 1 is 1.33 bits per heavy atom. The molecule has 1 saturated heterocycles. The molecule has 2 aliphatic heterocycles. The highest BCUT2D eigenvalue weighted by Gasteiger charge is 2.38. The molecule has 2 aliphatic rings. The first-order valence-corrected chi connectivity index (χ1v) is 7.79. The van der Waals surface area contributed by atoms with Crippen molar-refractivity contribution in [3.05, 3.63) is 23.3 Å². The van der Waals surface area contributed by atoms with Crippen molar-refractivity contribution in [1.29, 1.82) is 0 Å². The number of nitrogens with zero attached hydrogens (tertiary/aromatic N) is 1. The third-order valence-electron chi connectivity index (χ3n) is 4.50. The van der Waals surface area contributed by atoms with Crippen molar-refractivity contribution in [2.45, 2.75) is 39.7 Å². The standard InChI is InChI=1S/C17H23NO3/c1-4-13-5-7-20-16(13)17(19)18-6-8-21-15-12(3)9-11(2)10-14(15)18/h9-10,13,16H,4-8H2,1-3H3/t13-,16+/m1/s1. The zero-order valence-corrected chi connectivity index (χ0v) is 13.0. The summed E-state index contributed by atoms with van der Waals surface area (Å²) >= 11 is 0. The first-order valence-electron chi connectivity index (χ1n) is 7.79. The SMILES string of the molecule is CC[C@@H]1CCO[C@@H]1C(=O)N1CCOc2c(C)cc(C)cc21. The number of anilines is 1. The van der Waals surface area contributed by atoms with Crippen LogP contribution in [0.5, 0.6) is 5.75 Å². The lowest BCUT2D eigenvalue weighted by atomic mass is 9.97. The molecule has 0 N–H and O–H groups in total. The fraction of sp³-hybridized carbons (Fsp3) is 0.588. The average Bonchev–Trinajstić information content (AvgIpc) is 2.94. The number of rotatable bonds is 2. The molecule has 1 fully saturated rings. The Balaban J connectivity index is 1.93. The van der Waals surface area contributed by atoms with Gasteiger partial charge in [0.25, 0.3) is 5.91 Å². The molecule has 1 aromatic rings. The summed E-state index contributed by atoms with van der Waals surface area (Å²) in [5, 5.41) is 0. The Morgan fingerprint density at radius 3 is 2.90 bits per heavy atom. The van der Waals surface area contributed by atoms with Crippen LogP contribution in [0.25, 0.3) is 0 Å². The summed E-state index contributed by atoms with van der Waals surface area (Å²) in [4.78, 5) is 14.8. The van der Waals surface area contributed by atoms with E-state index in [1.165, 1.54) is 0 Å². The van der Waals surface area contributed by atoms with Crippen molar-refractivity contribution in [1.82, 2.24) is 0 Å². The third-order valence-corrected chi connectivity index (χ3v) is 4.50. The molecule has 4 heteroatoms. The number of hydrogen-bond acceptors (Lipinski definition) is 3. The van der Waals surface area contributed by atoms with Crippen molar-refractivity contribution in [2.75, 3.05) is 24.7 Å². The van der Waals surface area contributed by atoms with Crippen molar-refractivity contribution in [2.24, 2.45) is 5.92 Å². The molecule has 0 radical (unpaired) electrons. The van der Waals surface area contributed by atoms with Gasteiger partial charge in [-0.1, -0.05) is 19.4 Å². The summed E-state index contributed by atoms with van der Waals surface area (Å²) in [6.45, 7) is 8.05. The normalized spacial score (nSPS) is 24.6. The molecule has 21 heavy (non-hydrogen) atoms. The Hall–Kier alpha value is -1.55. The van der Waals surface area contributed by atoms with Gasteiger partial charge in [0.2, 0.25) is 0 Å². The van der Waals surface area contributed by atoms with E-state index >= 15 is 0 Å². The molecule has 114 valence electrons. The fourth-order valence-corrected chi connectivity index (χ4v) is 3.39. The molecule has 4 nitrogen and oxygen atoms in total. The molecule has 1 aromatic carbocycles. The summed E-state index contributed by atoms with van der Waals surface area (Å²) in [6.07, 6.45) is 1.68. The van der Waals surface area contributed by atoms with Gasteiger partial charge in [-0.2, -0.15) is 0 Å². The average molecular weight is 289 g/mol. The molecule has 1 amide bonds. The zero-order chi connectivity index (χ0) is 15.0. The lowest BCUT2D eigenvalue weighted by molar-refractivity contribution is -0.129. The minimum Gasteiger partial charge on any atom is -0.489 e. The highest BCUT2D eigenvalue weighted by molar-refractivity contribution is 5.99. The number of aryl methyl sites for hydroxylation is 2. The predicted molar refractivity (Wildman–Crippen MR) is 81.9 cm³/mol. The van der Waals surface area contributed by atoms with Crippen LogP contribution in [0.4, 0.5) is 5.69 Å². The van der Waals surface area contributed by atoms with Gasteiger partial charge < -0.3 is 14.4 Å². The molecular formula is C17H23NO3. The highest BCUT2D eigenvalue weighted by Crippen LogP contribution is 2.37. The van der Waals surface area contributed by atoms with Crippen molar-refractivity contribution < 1.29 is 14.3 Å². The van der Waals surface area contributed by atoms with Gasteiger partial charge in [0.05, 0.1) is 12.2 Å². The third kappa shape index (κ3) is 2.53. The minimum absolute atomic E-state index is 0.0916. The molecule has 2 atom stereocenters. The van der Waals surface area contributed by atoms with E-state index in [9.17, 15) is 4.79 Å². The first-order chi connectivity index (χ1) is 10.1. The van der Waals surface area contributed by atoms with Gasteiger partial charge in [-0.3, -0.25) is 4.79 Å². The molecule has 0 bridgehead atoms. The van der Waals surface area contributed by atoms with Crippen LogP contribution in [-0.4, -0.2) is 31.8 Å². The lowest BCUT2D eigenvalue weighted by Gasteiger charge is -2.33. The van der Waals surface area contributed by atoms with E-state index in [0.29, 0.717) is 25.7 Å². The van der Waals surface area contributed by atoms with Gasteiger partial charge >= 0.3 is 0 Å². The van der Waals surface area contributed by atoms with Crippen LogP contribution in [0.15, 0.2) is 12.1 Å². The van der Waals surface area contributed by atoms with E-state index in [-0.39, 0.29) is 12.0 Å². The van der Waals surface area contributed by atoms with Gasteiger partial charge in [-0.25, -0.2) is 0 Å². The Bertz CT molecular complexity index is 555. The number of benzene rings is 1. The maximum absolute atomic E-state index is 12.9. The smallest absolute Gasteiger partial charge is 0.256 e. The lowest BCUT2D eigenvalue weighted by Crippen LogP contribution is -2.45. The number of fused-ring (bicyclic) bond motifs is 1. The maximum atomic E-state index is 12.9. The molecule has 3 rings (SSSR count). The van der Waals surface area contributed by atoms with Gasteiger partial charge in [0.1, 0.15) is 18.5 Å². The van der Waals surface area contributed by atoms with Crippen LogP contribution in [0.1, 0.15) is 30.9 Å². The summed E-state index contributed by atoms with van der Waals surface area (Å²) < 4.78 is 11.5. The van der Waals surface area contributed by atoms with Crippen LogP contribution in [0.3, 0.4) is 0 Å². The van der Waals surface area contributed by atoms with Crippen LogP contribution in [-0.2, 0) is 9.53 Å². The van der Waals surface area contributed by atoms with Crippen molar-refractivity contribution in [3.63, 3.8) is 0 Å². The minimum atomic E-state index is -0.290. The summed E-state index contributed by atoms with van der Waals surface area (Å²) in [7, 11) is 0. The second-order valence-electron chi connectivity index (χ2n) is 6.02. The van der Waals surface area contributed by atoms with E-state index in [0.717, 1.165) is 35.4 Å². The highest BCUT2D eigenvalue weighted by atomic mass is 16.5. The molecule has 0 unspecified atom stereocenters. The molecule has 0 aromatic heterocycles. The Morgan fingerprint density at radius 2 is 2.14 bits per heavy atom. The number of carbonyl (C=O) groups excluding carboxylic acids is 1. The van der Waals surface area contributed by atoms with E-state index < -0.39 is 0 Å². The molecule has 0 spiro atoms. The van der Waals surface area contributed by atoms with Crippen LogP contribution < -0.4 is 9.64 Å². The topological polar surface area (TPSA) is 38.8 Å². The first kappa shape index (κ1) is 14.4. The van der Waals surface area contributed by atoms with Gasteiger partial charge in [0.15, 0.2) is 0 Å². The summed E-state index contributed by atoms with van der Waals surface area (Å²) in [5.41, 5.74) is 3.13. The molecule has 0 aliphatic carbocycles. The van der Waals surface area contributed by atoms with Crippen molar-refractivity contribution in [3.8, 4) is 5.75 Å². The van der Waals surface area contributed by atoms with Crippen LogP contribution >= 0.6 is 0 Å². The van der Waals surface area contributed by atoms with Crippen LogP contribution in [0, 0.1) is 19.8 Å². The molecule has 0 saturated carbocycles. The maximum Gasteiger partial charge on any atom is 0.256 e. The number of carbonyl (C=O) groups is 1. The van der Waals surface area contributed by atoms with E-state index in [4.69, 9.17) is 9.47 Å². The predicted octanol–water partition coefficient (Wildman–Crippen LogP) is 2.84. The number of ether oxygens (including phenoxy) is 2. The van der Waals surface area contributed by atoms with Gasteiger partial charge in [-0.15, -0.1) is 0 Å². The van der Waals surface area contributed by atoms with Crippen LogP contribution in [0.2, 0.25) is 0 Å². The van der Waals surface area contributed by atoms with Crippen molar-refractivity contribution >= 4 is 11.6 Å². The van der Waals surface area contributed by atoms with Gasteiger partial charge in [0, 0.05) is 6.61 Å². The second-order valence-corrected chi connectivity index (χ2v) is 6.02.